The summed E-state index contributed by atoms with van der Waals surface area (Å²) in [5.41, 5.74) is 1.88. The predicted octanol–water partition coefficient (Wildman–Crippen LogP) is 2.45. The number of anilines is 1. The predicted molar refractivity (Wildman–Crippen MR) is 90.3 cm³/mol. The Morgan fingerprint density at radius 2 is 2.13 bits per heavy atom. The maximum absolute atomic E-state index is 12.3. The molecule has 7 nitrogen and oxygen atoms in total. The lowest BCUT2D eigenvalue weighted by Gasteiger charge is -2.08. The molecule has 1 N–H and O–H groups in total. The van der Waals surface area contributed by atoms with Gasteiger partial charge < -0.3 is 5.32 Å². The molecule has 0 aliphatic rings. The van der Waals surface area contributed by atoms with Crippen LogP contribution in [0.15, 0.2) is 40.9 Å². The van der Waals surface area contributed by atoms with Gasteiger partial charge in [-0.05, 0) is 17.4 Å². The van der Waals surface area contributed by atoms with E-state index in [1.54, 1.807) is 14.0 Å². The second-order valence-corrected chi connectivity index (χ2v) is 6.90. The Balaban J connectivity index is 1.64. The summed E-state index contributed by atoms with van der Waals surface area (Å²) in [5.74, 6) is -0.132. The van der Waals surface area contributed by atoms with Crippen LogP contribution in [-0.4, -0.2) is 36.3 Å². The minimum atomic E-state index is -0.330. The van der Waals surface area contributed by atoms with E-state index in [0.717, 1.165) is 11.3 Å². The standard InChI is InChI=1S/C14H14N6OS2/c1-9(23-14-17-18-19-20(14)2)12(21)16-13-15-11(8-22-13)10-6-4-3-5-7-10/h3-9H,1-2H3,(H,15,16,21)/t9-/m1/s1. The number of aromatic nitrogens is 5. The molecule has 3 rings (SSSR count). The largest absolute Gasteiger partial charge is 0.301 e. The van der Waals surface area contributed by atoms with Gasteiger partial charge >= 0.3 is 0 Å². The minimum Gasteiger partial charge on any atom is -0.301 e. The number of aryl methyl sites for hydroxylation is 1. The molecule has 0 saturated heterocycles. The lowest BCUT2D eigenvalue weighted by molar-refractivity contribution is -0.115. The zero-order chi connectivity index (χ0) is 16.2. The van der Waals surface area contributed by atoms with Crippen molar-refractivity contribution < 1.29 is 4.79 Å². The lowest BCUT2D eigenvalue weighted by Crippen LogP contribution is -2.22. The number of thioether (sulfide) groups is 1. The number of rotatable bonds is 5. The Kier molecular flexibility index (Phi) is 4.68. The third-order valence-corrected chi connectivity index (χ3v) is 4.92. The van der Waals surface area contributed by atoms with E-state index in [1.807, 2.05) is 35.7 Å². The van der Waals surface area contributed by atoms with Gasteiger partial charge in [-0.15, -0.1) is 16.4 Å². The first kappa shape index (κ1) is 15.6. The molecule has 0 radical (unpaired) electrons. The van der Waals surface area contributed by atoms with E-state index in [4.69, 9.17) is 0 Å². The third kappa shape index (κ3) is 3.74. The zero-order valence-corrected chi connectivity index (χ0v) is 14.1. The number of nitrogens with zero attached hydrogens (tertiary/aromatic N) is 5. The smallest absolute Gasteiger partial charge is 0.239 e. The van der Waals surface area contributed by atoms with Gasteiger partial charge in [-0.3, -0.25) is 4.79 Å². The van der Waals surface area contributed by atoms with Gasteiger partial charge in [0.2, 0.25) is 11.1 Å². The average molecular weight is 346 g/mol. The van der Waals surface area contributed by atoms with Crippen molar-refractivity contribution in [1.29, 1.82) is 0 Å². The van der Waals surface area contributed by atoms with Crippen LogP contribution in [0, 0.1) is 0 Å². The molecule has 0 fully saturated rings. The number of amides is 1. The van der Waals surface area contributed by atoms with Crippen LogP contribution in [0.4, 0.5) is 5.13 Å². The minimum absolute atomic E-state index is 0.132. The van der Waals surface area contributed by atoms with Gasteiger partial charge in [-0.1, -0.05) is 42.1 Å². The highest BCUT2D eigenvalue weighted by Gasteiger charge is 2.19. The summed E-state index contributed by atoms with van der Waals surface area (Å²) in [4.78, 5) is 16.7. The van der Waals surface area contributed by atoms with Crippen molar-refractivity contribution in [3.63, 3.8) is 0 Å². The Labute approximate surface area is 141 Å². The van der Waals surface area contributed by atoms with Gasteiger partial charge in [0.05, 0.1) is 10.9 Å². The topological polar surface area (TPSA) is 85.6 Å². The summed E-state index contributed by atoms with van der Waals surface area (Å²) in [6.45, 7) is 1.81. The molecule has 0 spiro atoms. The van der Waals surface area contributed by atoms with E-state index in [0.29, 0.717) is 10.3 Å². The van der Waals surface area contributed by atoms with Gasteiger partial charge in [0, 0.05) is 18.0 Å². The van der Waals surface area contributed by atoms with Gasteiger partial charge in [0.15, 0.2) is 5.13 Å². The Morgan fingerprint density at radius 3 is 2.83 bits per heavy atom. The van der Waals surface area contributed by atoms with Crippen molar-refractivity contribution in [3.05, 3.63) is 35.7 Å². The first-order valence-electron chi connectivity index (χ1n) is 6.84. The summed E-state index contributed by atoms with van der Waals surface area (Å²) < 4.78 is 1.53. The molecule has 0 aliphatic carbocycles. The van der Waals surface area contributed by atoms with Gasteiger partial charge in [0.1, 0.15) is 0 Å². The molecule has 23 heavy (non-hydrogen) atoms. The third-order valence-electron chi connectivity index (χ3n) is 3.04. The highest BCUT2D eigenvalue weighted by atomic mass is 32.2. The molecule has 118 valence electrons. The van der Waals surface area contributed by atoms with E-state index < -0.39 is 0 Å². The molecular weight excluding hydrogens is 332 g/mol. The van der Waals surface area contributed by atoms with Crippen molar-refractivity contribution in [2.45, 2.75) is 17.3 Å². The van der Waals surface area contributed by atoms with E-state index >= 15 is 0 Å². The summed E-state index contributed by atoms with van der Waals surface area (Å²) in [6.07, 6.45) is 0. The highest BCUT2D eigenvalue weighted by Crippen LogP contribution is 2.26. The SMILES string of the molecule is C[C@@H](Sc1nnnn1C)C(=O)Nc1nc(-c2ccccc2)cs1. The van der Waals surface area contributed by atoms with Crippen molar-refractivity contribution >= 4 is 34.1 Å². The number of thiazole rings is 1. The summed E-state index contributed by atoms with van der Waals surface area (Å²) in [7, 11) is 1.74. The van der Waals surface area contributed by atoms with Crippen molar-refractivity contribution in [2.24, 2.45) is 7.05 Å². The maximum atomic E-state index is 12.3. The molecule has 0 bridgehead atoms. The molecule has 0 unspecified atom stereocenters. The van der Waals surface area contributed by atoms with Crippen molar-refractivity contribution in [3.8, 4) is 11.3 Å². The molecular formula is C14H14N6OS2. The summed E-state index contributed by atoms with van der Waals surface area (Å²) in [6, 6.07) is 9.85. The van der Waals surface area contributed by atoms with Crippen molar-refractivity contribution in [2.75, 3.05) is 5.32 Å². The first-order valence-corrected chi connectivity index (χ1v) is 8.60. The molecule has 1 aromatic carbocycles. The zero-order valence-electron chi connectivity index (χ0n) is 12.5. The van der Waals surface area contributed by atoms with Crippen molar-refractivity contribution in [1.82, 2.24) is 25.2 Å². The van der Waals surface area contributed by atoms with E-state index in [1.165, 1.54) is 27.8 Å². The normalized spacial score (nSPS) is 12.1. The molecule has 2 aromatic heterocycles. The van der Waals surface area contributed by atoms with E-state index in [-0.39, 0.29) is 11.2 Å². The molecule has 0 saturated carbocycles. The fourth-order valence-corrected chi connectivity index (χ4v) is 3.29. The Morgan fingerprint density at radius 1 is 1.35 bits per heavy atom. The summed E-state index contributed by atoms with van der Waals surface area (Å²) in [5, 5.41) is 16.8. The average Bonchev–Trinajstić information content (AvgIpc) is 3.18. The van der Waals surface area contributed by atoms with Crippen LogP contribution in [0.3, 0.4) is 0 Å². The number of tetrazole rings is 1. The van der Waals surface area contributed by atoms with E-state index in [2.05, 4.69) is 25.8 Å². The highest BCUT2D eigenvalue weighted by molar-refractivity contribution is 8.00. The number of hydrogen-bond donors (Lipinski definition) is 1. The van der Waals surface area contributed by atoms with Crippen LogP contribution in [-0.2, 0) is 11.8 Å². The monoisotopic (exact) mass is 346 g/mol. The van der Waals surface area contributed by atoms with Gasteiger partial charge in [-0.2, -0.15) is 0 Å². The second-order valence-electron chi connectivity index (χ2n) is 4.74. The molecule has 9 heteroatoms. The molecule has 2 heterocycles. The fraction of sp³-hybridized carbons (Fsp3) is 0.214. The van der Waals surface area contributed by atoms with Gasteiger partial charge in [-0.25, -0.2) is 9.67 Å². The quantitative estimate of drug-likeness (QED) is 0.714. The van der Waals surface area contributed by atoms with Crippen LogP contribution in [0.5, 0.6) is 0 Å². The summed E-state index contributed by atoms with van der Waals surface area (Å²) >= 11 is 2.70. The first-order chi connectivity index (χ1) is 11.1. The Bertz CT molecular complexity index is 800. The maximum Gasteiger partial charge on any atom is 0.239 e. The molecule has 1 amide bonds. The molecule has 3 aromatic rings. The van der Waals surface area contributed by atoms with Crippen LogP contribution in [0.2, 0.25) is 0 Å². The van der Waals surface area contributed by atoms with Gasteiger partial charge in [0.25, 0.3) is 0 Å². The number of hydrogen-bond acceptors (Lipinski definition) is 7. The number of nitrogens with one attached hydrogen (secondary N) is 1. The number of carbonyl (C=O) groups is 1. The molecule has 1 atom stereocenters. The number of carbonyl (C=O) groups excluding carboxylic acids is 1. The fourth-order valence-electron chi connectivity index (χ4n) is 1.81. The molecule has 0 aliphatic heterocycles. The van der Waals surface area contributed by atoms with E-state index in [9.17, 15) is 4.79 Å². The van der Waals surface area contributed by atoms with Crippen LogP contribution in [0.25, 0.3) is 11.3 Å². The van der Waals surface area contributed by atoms with Crippen LogP contribution < -0.4 is 5.32 Å². The second kappa shape index (κ2) is 6.88. The number of benzene rings is 1. The van der Waals surface area contributed by atoms with Crippen LogP contribution >= 0.6 is 23.1 Å². The lowest BCUT2D eigenvalue weighted by atomic mass is 10.2. The Hall–Kier alpha value is -2.26. The van der Waals surface area contributed by atoms with Crippen LogP contribution in [0.1, 0.15) is 6.92 Å².